The first-order chi connectivity index (χ1) is 9.47. The van der Waals surface area contributed by atoms with E-state index in [2.05, 4.69) is 14.9 Å². The predicted octanol–water partition coefficient (Wildman–Crippen LogP) is -1.59. The van der Waals surface area contributed by atoms with Crippen molar-refractivity contribution in [3.63, 3.8) is 0 Å². The van der Waals surface area contributed by atoms with Crippen LogP contribution in [0.15, 0.2) is 0 Å². The Kier molecular flexibility index (Phi) is 4.35. The molecule has 1 unspecified atom stereocenters. The van der Waals surface area contributed by atoms with Gasteiger partial charge in [0.1, 0.15) is 12.2 Å². The van der Waals surface area contributed by atoms with Gasteiger partial charge in [0, 0.05) is 6.92 Å². The van der Waals surface area contributed by atoms with Crippen molar-refractivity contribution in [3.8, 4) is 0 Å². The molecule has 1 N–H and O–H groups in total. The van der Waals surface area contributed by atoms with Crippen LogP contribution in [-0.2, 0) is 28.6 Å². The first kappa shape index (κ1) is 14.5. The summed E-state index contributed by atoms with van der Waals surface area (Å²) in [4.78, 5) is 36.8. The van der Waals surface area contributed by atoms with Crippen LogP contribution in [0.5, 0.6) is 0 Å². The molecule has 4 atom stereocenters. The van der Waals surface area contributed by atoms with Crippen molar-refractivity contribution < 1.29 is 33.7 Å². The number of carbonyl (C=O) groups excluding carboxylic acids is 2. The van der Waals surface area contributed by atoms with Gasteiger partial charge in [0.15, 0.2) is 12.7 Å². The standard InChI is InChI=1S/C10H14N2O8/c1-5(13)17-4-8(14)11-6-2-18-10-7(20-12(15)16)3-19-9(6)10/h6-7,9-10H,2-4H2,1H3,(H,11,14)/t6-,7?,9+,10+/m0/s1. The third-order valence-corrected chi connectivity index (χ3v) is 2.98. The number of ether oxygens (including phenoxy) is 3. The van der Waals surface area contributed by atoms with Gasteiger partial charge in [-0.25, -0.2) is 0 Å². The molecule has 1 amide bonds. The van der Waals surface area contributed by atoms with Gasteiger partial charge in [-0.15, -0.1) is 10.1 Å². The summed E-state index contributed by atoms with van der Waals surface area (Å²) in [7, 11) is 0. The number of amides is 1. The summed E-state index contributed by atoms with van der Waals surface area (Å²) in [5.41, 5.74) is 0. The lowest BCUT2D eigenvalue weighted by atomic mass is 10.1. The Morgan fingerprint density at radius 3 is 2.70 bits per heavy atom. The van der Waals surface area contributed by atoms with E-state index in [0.717, 1.165) is 0 Å². The van der Waals surface area contributed by atoms with Gasteiger partial charge in [-0.05, 0) is 0 Å². The fraction of sp³-hybridized carbons (Fsp3) is 0.800. The first-order valence-corrected chi connectivity index (χ1v) is 5.94. The van der Waals surface area contributed by atoms with E-state index >= 15 is 0 Å². The highest BCUT2D eigenvalue weighted by molar-refractivity contribution is 5.80. The van der Waals surface area contributed by atoms with E-state index in [-0.39, 0.29) is 13.2 Å². The fourth-order valence-electron chi connectivity index (χ4n) is 2.20. The van der Waals surface area contributed by atoms with Crippen molar-refractivity contribution in [1.29, 1.82) is 0 Å². The van der Waals surface area contributed by atoms with Crippen LogP contribution < -0.4 is 5.32 Å². The minimum Gasteiger partial charge on any atom is -0.456 e. The van der Waals surface area contributed by atoms with E-state index in [1.807, 2.05) is 0 Å². The summed E-state index contributed by atoms with van der Waals surface area (Å²) in [5.74, 6) is -1.05. The van der Waals surface area contributed by atoms with Gasteiger partial charge in [-0.2, -0.15) is 0 Å². The Bertz CT molecular complexity index is 414. The summed E-state index contributed by atoms with van der Waals surface area (Å²) in [6.45, 7) is 0.977. The second-order valence-electron chi connectivity index (χ2n) is 4.42. The lowest BCUT2D eigenvalue weighted by molar-refractivity contribution is -0.769. The van der Waals surface area contributed by atoms with Crippen LogP contribution >= 0.6 is 0 Å². The second-order valence-corrected chi connectivity index (χ2v) is 4.42. The average Bonchev–Trinajstić information content (AvgIpc) is 2.91. The third-order valence-electron chi connectivity index (χ3n) is 2.98. The quantitative estimate of drug-likeness (QED) is 0.365. The van der Waals surface area contributed by atoms with Crippen LogP contribution in [-0.4, -0.2) is 61.1 Å². The van der Waals surface area contributed by atoms with Crippen molar-refractivity contribution >= 4 is 11.9 Å². The molecule has 0 aromatic rings. The first-order valence-electron chi connectivity index (χ1n) is 5.94. The normalized spacial score (nSPS) is 31.4. The maximum Gasteiger partial charge on any atom is 0.303 e. The van der Waals surface area contributed by atoms with Crippen molar-refractivity contribution in [1.82, 2.24) is 5.32 Å². The zero-order valence-corrected chi connectivity index (χ0v) is 10.6. The van der Waals surface area contributed by atoms with Crippen LogP contribution in [0.1, 0.15) is 6.92 Å². The van der Waals surface area contributed by atoms with Crippen LogP contribution in [0.3, 0.4) is 0 Å². The van der Waals surface area contributed by atoms with Gasteiger partial charge in [0.2, 0.25) is 0 Å². The zero-order chi connectivity index (χ0) is 14.7. The summed E-state index contributed by atoms with van der Waals surface area (Å²) in [6.07, 6.45) is -1.91. The molecule has 0 aromatic heterocycles. The van der Waals surface area contributed by atoms with Crippen molar-refractivity contribution in [2.24, 2.45) is 0 Å². The summed E-state index contributed by atoms with van der Waals surface area (Å²) in [6, 6.07) is -0.455. The number of nitrogens with one attached hydrogen (secondary N) is 1. The van der Waals surface area contributed by atoms with E-state index in [1.54, 1.807) is 0 Å². The minimum absolute atomic E-state index is 0.0205. The highest BCUT2D eigenvalue weighted by Gasteiger charge is 2.49. The summed E-state index contributed by atoms with van der Waals surface area (Å²) < 4.78 is 15.3. The van der Waals surface area contributed by atoms with Gasteiger partial charge in [-0.1, -0.05) is 0 Å². The lowest BCUT2D eigenvalue weighted by Gasteiger charge is -2.17. The van der Waals surface area contributed by atoms with E-state index in [9.17, 15) is 19.7 Å². The van der Waals surface area contributed by atoms with Crippen molar-refractivity contribution in [2.75, 3.05) is 19.8 Å². The maximum absolute atomic E-state index is 11.5. The number of hydrogen-bond acceptors (Lipinski definition) is 8. The van der Waals surface area contributed by atoms with Crippen molar-refractivity contribution in [3.05, 3.63) is 10.1 Å². The molecule has 2 rings (SSSR count). The molecule has 0 spiro atoms. The Labute approximate surface area is 113 Å². The topological polar surface area (TPSA) is 126 Å². The largest absolute Gasteiger partial charge is 0.456 e. The van der Waals surface area contributed by atoms with Gasteiger partial charge in [0.25, 0.3) is 11.0 Å². The van der Waals surface area contributed by atoms with Crippen LogP contribution in [0, 0.1) is 10.1 Å². The molecular formula is C10H14N2O8. The van der Waals surface area contributed by atoms with Crippen molar-refractivity contribution in [2.45, 2.75) is 31.3 Å². The molecule has 10 nitrogen and oxygen atoms in total. The number of esters is 1. The average molecular weight is 290 g/mol. The van der Waals surface area contributed by atoms with Crippen LogP contribution in [0.2, 0.25) is 0 Å². The smallest absolute Gasteiger partial charge is 0.303 e. The van der Waals surface area contributed by atoms with Gasteiger partial charge < -0.3 is 24.4 Å². The Morgan fingerprint density at radius 2 is 2.05 bits per heavy atom. The molecule has 0 saturated carbocycles. The molecule has 0 aromatic carbocycles. The lowest BCUT2D eigenvalue weighted by Crippen LogP contribution is -2.45. The molecule has 0 radical (unpaired) electrons. The fourth-order valence-corrected chi connectivity index (χ4v) is 2.20. The van der Waals surface area contributed by atoms with Crippen LogP contribution in [0.4, 0.5) is 0 Å². The van der Waals surface area contributed by atoms with E-state index < -0.39 is 47.9 Å². The molecular weight excluding hydrogens is 276 g/mol. The molecule has 0 aliphatic carbocycles. The molecule has 2 aliphatic heterocycles. The molecule has 2 fully saturated rings. The molecule has 0 bridgehead atoms. The Hall–Kier alpha value is -1.94. The molecule has 112 valence electrons. The van der Waals surface area contributed by atoms with E-state index in [0.29, 0.717) is 0 Å². The summed E-state index contributed by atoms with van der Waals surface area (Å²) in [5, 5.41) is 12.0. The highest BCUT2D eigenvalue weighted by atomic mass is 17.0. The summed E-state index contributed by atoms with van der Waals surface area (Å²) >= 11 is 0. The predicted molar refractivity (Wildman–Crippen MR) is 59.9 cm³/mol. The number of fused-ring (bicyclic) bond motifs is 1. The Balaban J connectivity index is 1.83. The highest BCUT2D eigenvalue weighted by Crippen LogP contribution is 2.28. The van der Waals surface area contributed by atoms with E-state index in [1.165, 1.54) is 6.92 Å². The number of rotatable bonds is 5. The zero-order valence-electron chi connectivity index (χ0n) is 10.6. The second kappa shape index (κ2) is 6.01. The van der Waals surface area contributed by atoms with Gasteiger partial charge in [0.05, 0.1) is 19.3 Å². The monoisotopic (exact) mass is 290 g/mol. The molecule has 2 heterocycles. The molecule has 2 aliphatic rings. The maximum atomic E-state index is 11.5. The number of nitrogens with zero attached hydrogens (tertiary/aromatic N) is 1. The third kappa shape index (κ3) is 3.33. The molecule has 20 heavy (non-hydrogen) atoms. The minimum atomic E-state index is -0.896. The Morgan fingerprint density at radius 1 is 1.35 bits per heavy atom. The molecule has 2 saturated heterocycles. The SMILES string of the molecule is CC(=O)OCC(=O)N[C@H]1CO[C@@H]2C(O[N+](=O)[O-])CO[C@H]12. The molecule has 10 heteroatoms. The number of carbonyl (C=O) groups is 2. The van der Waals surface area contributed by atoms with Gasteiger partial charge in [-0.3, -0.25) is 9.59 Å². The van der Waals surface area contributed by atoms with Crippen LogP contribution in [0.25, 0.3) is 0 Å². The van der Waals surface area contributed by atoms with Gasteiger partial charge >= 0.3 is 5.97 Å². The number of hydrogen-bond donors (Lipinski definition) is 1. The van der Waals surface area contributed by atoms with E-state index in [4.69, 9.17) is 9.47 Å².